The summed E-state index contributed by atoms with van der Waals surface area (Å²) < 4.78 is 5.61. The molecular formula is C13H14N4O. The Labute approximate surface area is 105 Å². The van der Waals surface area contributed by atoms with Crippen molar-refractivity contribution in [1.29, 1.82) is 5.41 Å². The summed E-state index contributed by atoms with van der Waals surface area (Å²) in [5.41, 5.74) is 7.98. The summed E-state index contributed by atoms with van der Waals surface area (Å²) in [4.78, 5) is 8.02. The maximum Gasteiger partial charge on any atom is 0.249 e. The normalized spacial score (nSPS) is 10.1. The molecule has 0 aliphatic rings. The van der Waals surface area contributed by atoms with Crippen LogP contribution in [0.2, 0.25) is 0 Å². The molecule has 2 rings (SSSR count). The predicted molar refractivity (Wildman–Crippen MR) is 69.0 cm³/mol. The molecular weight excluding hydrogens is 228 g/mol. The monoisotopic (exact) mass is 242 g/mol. The summed E-state index contributed by atoms with van der Waals surface area (Å²) >= 11 is 0. The van der Waals surface area contributed by atoms with E-state index in [4.69, 9.17) is 15.9 Å². The number of aryl methyl sites for hydroxylation is 2. The highest BCUT2D eigenvalue weighted by Gasteiger charge is 2.10. The Bertz CT molecular complexity index is 595. The van der Waals surface area contributed by atoms with Crippen LogP contribution in [0.1, 0.15) is 16.8 Å². The van der Waals surface area contributed by atoms with Crippen molar-refractivity contribution < 1.29 is 4.74 Å². The zero-order valence-corrected chi connectivity index (χ0v) is 10.3. The number of nitrogens with zero attached hydrogens (tertiary/aromatic N) is 2. The largest absolute Gasteiger partial charge is 0.437 e. The Kier molecular flexibility index (Phi) is 3.23. The zero-order chi connectivity index (χ0) is 13.1. The van der Waals surface area contributed by atoms with Crippen molar-refractivity contribution in [3.05, 3.63) is 47.4 Å². The van der Waals surface area contributed by atoms with E-state index >= 15 is 0 Å². The minimum atomic E-state index is -0.165. The van der Waals surface area contributed by atoms with Gasteiger partial charge in [0, 0.05) is 12.4 Å². The third-order valence-electron chi connectivity index (χ3n) is 2.61. The lowest BCUT2D eigenvalue weighted by Gasteiger charge is -2.09. The SMILES string of the molecule is Cc1ccc(Oc2nccnc2C(=N)N)cc1C. The van der Waals surface area contributed by atoms with Gasteiger partial charge in [0.1, 0.15) is 11.6 Å². The van der Waals surface area contributed by atoms with Crippen molar-refractivity contribution in [2.45, 2.75) is 13.8 Å². The van der Waals surface area contributed by atoms with Crippen LogP contribution in [0.3, 0.4) is 0 Å². The molecule has 0 atom stereocenters. The standard InChI is InChI=1S/C13H14N4O/c1-8-3-4-10(7-9(8)2)18-13-11(12(14)15)16-5-6-17-13/h3-7H,1-2H3,(H3,14,15). The second kappa shape index (κ2) is 4.83. The molecule has 2 aromatic rings. The highest BCUT2D eigenvalue weighted by molar-refractivity contribution is 5.95. The summed E-state index contributed by atoms with van der Waals surface area (Å²) in [6.45, 7) is 4.03. The fourth-order valence-corrected chi connectivity index (χ4v) is 1.47. The van der Waals surface area contributed by atoms with Gasteiger partial charge in [0.25, 0.3) is 0 Å². The molecule has 0 fully saturated rings. The van der Waals surface area contributed by atoms with Gasteiger partial charge in [0.05, 0.1) is 0 Å². The van der Waals surface area contributed by atoms with Crippen molar-refractivity contribution in [3.63, 3.8) is 0 Å². The quantitative estimate of drug-likeness (QED) is 0.638. The molecule has 3 N–H and O–H groups in total. The van der Waals surface area contributed by atoms with Crippen LogP contribution in [0.4, 0.5) is 0 Å². The van der Waals surface area contributed by atoms with Gasteiger partial charge >= 0.3 is 0 Å². The number of benzene rings is 1. The van der Waals surface area contributed by atoms with E-state index in [0.29, 0.717) is 5.75 Å². The van der Waals surface area contributed by atoms with E-state index in [9.17, 15) is 0 Å². The number of nitrogen functional groups attached to an aromatic ring is 1. The van der Waals surface area contributed by atoms with Crippen molar-refractivity contribution in [2.24, 2.45) is 5.73 Å². The van der Waals surface area contributed by atoms with Crippen molar-refractivity contribution in [1.82, 2.24) is 9.97 Å². The molecule has 0 saturated heterocycles. The molecule has 0 unspecified atom stereocenters. The van der Waals surface area contributed by atoms with Gasteiger partial charge in [-0.1, -0.05) is 6.07 Å². The lowest BCUT2D eigenvalue weighted by atomic mass is 10.1. The van der Waals surface area contributed by atoms with E-state index in [2.05, 4.69) is 9.97 Å². The van der Waals surface area contributed by atoms with Crippen molar-refractivity contribution in [2.75, 3.05) is 0 Å². The van der Waals surface area contributed by atoms with Crippen molar-refractivity contribution >= 4 is 5.84 Å². The molecule has 0 radical (unpaired) electrons. The van der Waals surface area contributed by atoms with Crippen molar-refractivity contribution in [3.8, 4) is 11.6 Å². The molecule has 5 nitrogen and oxygen atoms in total. The van der Waals surface area contributed by atoms with Gasteiger partial charge in [-0.25, -0.2) is 9.97 Å². The molecule has 0 spiro atoms. The Balaban J connectivity index is 2.34. The summed E-state index contributed by atoms with van der Waals surface area (Å²) in [7, 11) is 0. The zero-order valence-electron chi connectivity index (χ0n) is 10.3. The average Bonchev–Trinajstić information content (AvgIpc) is 2.34. The van der Waals surface area contributed by atoms with Crippen LogP contribution in [-0.4, -0.2) is 15.8 Å². The number of hydrogen-bond acceptors (Lipinski definition) is 4. The van der Waals surface area contributed by atoms with Crippen LogP contribution in [0.25, 0.3) is 0 Å². The number of amidine groups is 1. The lowest BCUT2D eigenvalue weighted by molar-refractivity contribution is 0.458. The first kappa shape index (κ1) is 12.0. The molecule has 1 heterocycles. The molecule has 0 bridgehead atoms. The Morgan fingerprint density at radius 3 is 2.56 bits per heavy atom. The van der Waals surface area contributed by atoms with Gasteiger partial charge in [-0.05, 0) is 37.1 Å². The minimum Gasteiger partial charge on any atom is -0.437 e. The summed E-state index contributed by atoms with van der Waals surface area (Å²) in [6.07, 6.45) is 2.98. The van der Waals surface area contributed by atoms with Crippen LogP contribution in [-0.2, 0) is 0 Å². The Hall–Kier alpha value is -2.43. The molecule has 0 aliphatic carbocycles. The van der Waals surface area contributed by atoms with Gasteiger partial charge in [-0.3, -0.25) is 5.41 Å². The number of rotatable bonds is 3. The van der Waals surface area contributed by atoms with Gasteiger partial charge in [-0.15, -0.1) is 0 Å². The summed E-state index contributed by atoms with van der Waals surface area (Å²) in [5, 5.41) is 7.41. The van der Waals surface area contributed by atoms with Crippen LogP contribution in [0, 0.1) is 19.3 Å². The molecule has 5 heteroatoms. The minimum absolute atomic E-state index is 0.165. The first-order valence-corrected chi connectivity index (χ1v) is 5.48. The van der Waals surface area contributed by atoms with Gasteiger partial charge < -0.3 is 10.5 Å². The second-order valence-electron chi connectivity index (χ2n) is 3.97. The topological polar surface area (TPSA) is 84.9 Å². The molecule has 1 aromatic carbocycles. The van der Waals surface area contributed by atoms with E-state index in [0.717, 1.165) is 5.56 Å². The van der Waals surface area contributed by atoms with Crippen LogP contribution < -0.4 is 10.5 Å². The maximum absolute atomic E-state index is 7.41. The van der Waals surface area contributed by atoms with Crippen LogP contribution in [0.5, 0.6) is 11.6 Å². The molecule has 18 heavy (non-hydrogen) atoms. The predicted octanol–water partition coefficient (Wildman–Crippen LogP) is 2.17. The Morgan fingerprint density at radius 2 is 1.89 bits per heavy atom. The number of nitrogens with two attached hydrogens (primary N) is 1. The maximum atomic E-state index is 7.41. The molecule has 0 saturated carbocycles. The van der Waals surface area contributed by atoms with E-state index in [-0.39, 0.29) is 17.4 Å². The van der Waals surface area contributed by atoms with Crippen LogP contribution >= 0.6 is 0 Å². The number of nitrogens with one attached hydrogen (secondary N) is 1. The molecule has 0 aliphatic heterocycles. The summed E-state index contributed by atoms with van der Waals surface area (Å²) in [5.74, 6) is 0.733. The van der Waals surface area contributed by atoms with Gasteiger partial charge in [-0.2, -0.15) is 0 Å². The van der Waals surface area contributed by atoms with E-state index in [1.807, 2.05) is 32.0 Å². The Morgan fingerprint density at radius 1 is 1.17 bits per heavy atom. The number of hydrogen-bond donors (Lipinski definition) is 2. The van der Waals surface area contributed by atoms with Gasteiger partial charge in [0.15, 0.2) is 5.69 Å². The lowest BCUT2D eigenvalue weighted by Crippen LogP contribution is -2.15. The molecule has 0 amide bonds. The third-order valence-corrected chi connectivity index (χ3v) is 2.61. The second-order valence-corrected chi connectivity index (χ2v) is 3.97. The average molecular weight is 242 g/mol. The molecule has 1 aromatic heterocycles. The number of ether oxygens (including phenoxy) is 1. The van der Waals surface area contributed by atoms with Crippen LogP contribution in [0.15, 0.2) is 30.6 Å². The summed E-state index contributed by atoms with van der Waals surface area (Å²) in [6, 6.07) is 5.73. The fourth-order valence-electron chi connectivity index (χ4n) is 1.47. The van der Waals surface area contributed by atoms with E-state index in [1.165, 1.54) is 18.0 Å². The smallest absolute Gasteiger partial charge is 0.249 e. The first-order valence-electron chi connectivity index (χ1n) is 5.48. The highest BCUT2D eigenvalue weighted by Crippen LogP contribution is 2.23. The van der Waals surface area contributed by atoms with E-state index in [1.54, 1.807) is 0 Å². The number of aromatic nitrogens is 2. The molecule has 92 valence electrons. The van der Waals surface area contributed by atoms with Gasteiger partial charge in [0.2, 0.25) is 5.88 Å². The third kappa shape index (κ3) is 2.45. The fraction of sp³-hybridized carbons (Fsp3) is 0.154. The first-order chi connectivity index (χ1) is 8.58. The van der Waals surface area contributed by atoms with E-state index < -0.39 is 0 Å². The highest BCUT2D eigenvalue weighted by atomic mass is 16.5.